The zero-order valence-corrected chi connectivity index (χ0v) is 17.6. The van der Waals surface area contributed by atoms with Crippen LogP contribution in [0.15, 0.2) is 41.3 Å². The van der Waals surface area contributed by atoms with Crippen LogP contribution in [0.1, 0.15) is 57.4 Å². The molecular formula is C19H25NaO3S. The summed E-state index contributed by atoms with van der Waals surface area (Å²) < 4.78 is 35.2. The summed E-state index contributed by atoms with van der Waals surface area (Å²) in [7, 11) is -4.46. The number of aryl methyl sites for hydroxylation is 1. The Hall–Kier alpha value is -0.390. The predicted molar refractivity (Wildman–Crippen MR) is 93.6 cm³/mol. The van der Waals surface area contributed by atoms with E-state index < -0.39 is 10.1 Å². The molecule has 0 N–H and O–H groups in total. The molecule has 0 aromatic heterocycles. The summed E-state index contributed by atoms with van der Waals surface area (Å²) in [6, 6.07) is 10.9. The summed E-state index contributed by atoms with van der Waals surface area (Å²) in [5, 5.41) is 1.34. The molecule has 2 aromatic rings. The van der Waals surface area contributed by atoms with E-state index in [9.17, 15) is 13.0 Å². The molecule has 0 radical (unpaired) electrons. The summed E-state index contributed by atoms with van der Waals surface area (Å²) in [5.74, 6) is 0. The molecule has 0 aliphatic heterocycles. The van der Waals surface area contributed by atoms with E-state index in [0.29, 0.717) is 17.4 Å². The van der Waals surface area contributed by atoms with Gasteiger partial charge in [0.15, 0.2) is 0 Å². The minimum atomic E-state index is -4.46. The topological polar surface area (TPSA) is 57.2 Å². The minimum Gasteiger partial charge on any atom is -0.744 e. The zero-order valence-electron chi connectivity index (χ0n) is 14.8. The van der Waals surface area contributed by atoms with Gasteiger partial charge in [-0.1, -0.05) is 81.8 Å². The van der Waals surface area contributed by atoms with Gasteiger partial charge >= 0.3 is 29.6 Å². The molecule has 2 aromatic carbocycles. The van der Waals surface area contributed by atoms with Gasteiger partial charge in [0.2, 0.25) is 0 Å². The van der Waals surface area contributed by atoms with Crippen molar-refractivity contribution in [3.05, 3.63) is 42.0 Å². The van der Waals surface area contributed by atoms with Crippen molar-refractivity contribution in [1.82, 2.24) is 0 Å². The van der Waals surface area contributed by atoms with Gasteiger partial charge in [0.1, 0.15) is 10.1 Å². The molecule has 0 fully saturated rings. The van der Waals surface area contributed by atoms with Crippen LogP contribution in [0, 0.1) is 0 Å². The summed E-state index contributed by atoms with van der Waals surface area (Å²) in [4.78, 5) is -0.0263. The third-order valence-corrected chi connectivity index (χ3v) is 5.24. The van der Waals surface area contributed by atoms with Crippen LogP contribution >= 0.6 is 0 Å². The predicted octanol–water partition coefficient (Wildman–Crippen LogP) is 2.04. The van der Waals surface area contributed by atoms with Crippen molar-refractivity contribution >= 4 is 20.9 Å². The zero-order chi connectivity index (χ0) is 16.7. The fourth-order valence-electron chi connectivity index (χ4n) is 3.05. The first-order valence-corrected chi connectivity index (χ1v) is 9.91. The van der Waals surface area contributed by atoms with Crippen LogP contribution in [0.5, 0.6) is 0 Å². The molecule has 3 nitrogen and oxygen atoms in total. The summed E-state index contributed by atoms with van der Waals surface area (Å²) in [6.07, 6.45) is 8.85. The summed E-state index contributed by atoms with van der Waals surface area (Å²) >= 11 is 0. The number of hydrogen-bond acceptors (Lipinski definition) is 3. The Morgan fingerprint density at radius 1 is 0.875 bits per heavy atom. The number of fused-ring (bicyclic) bond motifs is 1. The maximum absolute atomic E-state index is 11.7. The monoisotopic (exact) mass is 356 g/mol. The molecule has 0 heterocycles. The second kappa shape index (κ2) is 10.6. The van der Waals surface area contributed by atoms with Crippen LogP contribution < -0.4 is 29.6 Å². The minimum absolute atomic E-state index is 0. The Kier molecular flexibility index (Phi) is 9.53. The molecule has 0 saturated heterocycles. The van der Waals surface area contributed by atoms with Crippen LogP contribution in [-0.4, -0.2) is 13.0 Å². The van der Waals surface area contributed by atoms with Crippen LogP contribution in [0.2, 0.25) is 0 Å². The van der Waals surface area contributed by atoms with E-state index >= 15 is 0 Å². The normalized spacial score (nSPS) is 11.4. The van der Waals surface area contributed by atoms with Crippen molar-refractivity contribution in [3.63, 3.8) is 0 Å². The van der Waals surface area contributed by atoms with Gasteiger partial charge in [0.25, 0.3) is 0 Å². The van der Waals surface area contributed by atoms with Gasteiger partial charge in [-0.15, -0.1) is 0 Å². The van der Waals surface area contributed by atoms with Gasteiger partial charge in [-0.25, -0.2) is 8.42 Å². The van der Waals surface area contributed by atoms with Crippen molar-refractivity contribution in [2.24, 2.45) is 0 Å². The first-order chi connectivity index (χ1) is 11.0. The van der Waals surface area contributed by atoms with Crippen molar-refractivity contribution in [1.29, 1.82) is 0 Å². The van der Waals surface area contributed by atoms with E-state index in [0.717, 1.165) is 18.2 Å². The number of benzene rings is 2. The fourth-order valence-corrected chi connectivity index (χ4v) is 4.00. The molecule has 0 atom stereocenters. The molecule has 0 aliphatic rings. The smallest absolute Gasteiger partial charge is 0.744 e. The Balaban J connectivity index is 0.00000288. The molecule has 0 amide bonds. The molecule has 0 bridgehead atoms. The summed E-state index contributed by atoms with van der Waals surface area (Å²) in [5.41, 5.74) is 0.659. The molecule has 0 unspecified atom stereocenters. The standard InChI is InChI=1S/C19H26O3S.Na/c1-2-3-4-5-6-7-8-12-17-15-14-16-11-9-10-13-18(16)19(17)23(20,21)22;/h9-11,13-15H,2-8,12H2,1H3,(H,20,21,22);/q;+1/p-1. The molecular weight excluding hydrogens is 331 g/mol. The largest absolute Gasteiger partial charge is 1.00 e. The van der Waals surface area contributed by atoms with E-state index in [1.807, 2.05) is 18.2 Å². The van der Waals surface area contributed by atoms with E-state index in [2.05, 4.69) is 6.92 Å². The third-order valence-electron chi connectivity index (χ3n) is 4.26. The Bertz CT molecular complexity index is 741. The molecule has 0 aliphatic carbocycles. The van der Waals surface area contributed by atoms with Crippen LogP contribution in [0.4, 0.5) is 0 Å². The van der Waals surface area contributed by atoms with Crippen LogP contribution in [0.25, 0.3) is 10.8 Å². The Labute approximate surface area is 167 Å². The fraction of sp³-hybridized carbons (Fsp3) is 0.474. The molecule has 5 heteroatoms. The SMILES string of the molecule is CCCCCCCCCc1ccc2ccccc2c1S(=O)(=O)[O-].[Na+]. The number of unbranched alkanes of at least 4 members (excludes halogenated alkanes) is 6. The summed E-state index contributed by atoms with van der Waals surface area (Å²) in [6.45, 7) is 2.20. The van der Waals surface area contributed by atoms with Crippen LogP contribution in [-0.2, 0) is 16.5 Å². The van der Waals surface area contributed by atoms with E-state index in [-0.39, 0.29) is 34.5 Å². The number of hydrogen-bond donors (Lipinski definition) is 0. The van der Waals surface area contributed by atoms with Gasteiger partial charge < -0.3 is 4.55 Å². The Morgan fingerprint density at radius 2 is 1.50 bits per heavy atom. The van der Waals surface area contributed by atoms with Crippen molar-refractivity contribution in [3.8, 4) is 0 Å². The number of rotatable bonds is 9. The maximum Gasteiger partial charge on any atom is 1.00 e. The molecule has 2 rings (SSSR count). The molecule has 0 saturated carbocycles. The second-order valence-electron chi connectivity index (χ2n) is 6.10. The molecule has 0 spiro atoms. The van der Waals surface area contributed by atoms with Gasteiger partial charge in [0.05, 0.1) is 4.90 Å². The second-order valence-corrected chi connectivity index (χ2v) is 7.42. The first kappa shape index (κ1) is 21.7. The van der Waals surface area contributed by atoms with Gasteiger partial charge in [-0.05, 0) is 29.2 Å². The van der Waals surface area contributed by atoms with Crippen molar-refractivity contribution < 1.29 is 42.5 Å². The quantitative estimate of drug-likeness (QED) is 0.392. The Morgan fingerprint density at radius 3 is 2.17 bits per heavy atom. The van der Waals surface area contributed by atoms with E-state index in [1.165, 1.54) is 32.1 Å². The van der Waals surface area contributed by atoms with Gasteiger partial charge in [0, 0.05) is 0 Å². The van der Waals surface area contributed by atoms with Crippen molar-refractivity contribution in [2.45, 2.75) is 63.2 Å². The molecule has 24 heavy (non-hydrogen) atoms. The first-order valence-electron chi connectivity index (χ1n) is 8.50. The van der Waals surface area contributed by atoms with Gasteiger partial charge in [-0.2, -0.15) is 0 Å². The van der Waals surface area contributed by atoms with Crippen LogP contribution in [0.3, 0.4) is 0 Å². The maximum atomic E-state index is 11.7. The third kappa shape index (κ3) is 6.16. The molecule has 126 valence electrons. The average Bonchev–Trinajstić information content (AvgIpc) is 2.52. The van der Waals surface area contributed by atoms with Crippen molar-refractivity contribution in [2.75, 3.05) is 0 Å². The van der Waals surface area contributed by atoms with E-state index in [4.69, 9.17) is 0 Å². The van der Waals surface area contributed by atoms with E-state index in [1.54, 1.807) is 18.2 Å². The van der Waals surface area contributed by atoms with Gasteiger partial charge in [-0.3, -0.25) is 0 Å². The average molecular weight is 356 g/mol.